The average molecular weight is 416 g/mol. The second-order valence-corrected chi connectivity index (χ2v) is 7.59. The molecular weight excluding hydrogens is 398 g/mol. The zero-order valence-electron chi connectivity index (χ0n) is 15.1. The molecule has 1 aliphatic rings. The van der Waals surface area contributed by atoms with Crippen LogP contribution in [0.5, 0.6) is 11.5 Å². The number of benzene rings is 2. The number of methoxy groups -OCH3 is 1. The number of nitrogens with zero attached hydrogens (tertiary/aromatic N) is 2. The lowest BCUT2D eigenvalue weighted by Crippen LogP contribution is -2.22. The number of aromatic nitrogens is 2. The van der Waals surface area contributed by atoms with E-state index in [1.807, 2.05) is 18.2 Å². The van der Waals surface area contributed by atoms with E-state index < -0.39 is 0 Å². The highest BCUT2D eigenvalue weighted by Crippen LogP contribution is 2.36. The van der Waals surface area contributed by atoms with E-state index in [9.17, 15) is 4.79 Å². The minimum atomic E-state index is -0.251. The van der Waals surface area contributed by atoms with Crippen molar-refractivity contribution in [3.8, 4) is 17.2 Å². The molecule has 0 bridgehead atoms. The van der Waals surface area contributed by atoms with Crippen LogP contribution >= 0.6 is 23.4 Å². The summed E-state index contributed by atoms with van der Waals surface area (Å²) >= 11 is 7.90. The van der Waals surface area contributed by atoms with Crippen molar-refractivity contribution in [2.45, 2.75) is 11.5 Å². The number of hydrogen-bond acceptors (Lipinski definition) is 5. The Labute approximate surface area is 171 Å². The molecule has 4 rings (SSSR count). The van der Waals surface area contributed by atoms with E-state index in [4.69, 9.17) is 21.1 Å². The molecule has 0 spiro atoms. The molecule has 1 aliphatic heterocycles. The number of amides is 1. The van der Waals surface area contributed by atoms with E-state index in [1.54, 1.807) is 53.9 Å². The van der Waals surface area contributed by atoms with E-state index in [-0.39, 0.29) is 12.5 Å². The summed E-state index contributed by atoms with van der Waals surface area (Å²) in [5.74, 6) is 3.39. The van der Waals surface area contributed by atoms with Crippen molar-refractivity contribution in [2.24, 2.45) is 0 Å². The van der Waals surface area contributed by atoms with Crippen LogP contribution in [-0.2, 0) is 16.3 Å². The van der Waals surface area contributed by atoms with Crippen molar-refractivity contribution in [2.75, 3.05) is 19.0 Å². The maximum absolute atomic E-state index is 12.5. The van der Waals surface area contributed by atoms with Crippen LogP contribution in [0.1, 0.15) is 11.3 Å². The third-order valence-corrected chi connectivity index (χ3v) is 5.50. The molecule has 0 saturated carbocycles. The molecule has 0 unspecified atom stereocenters. The van der Waals surface area contributed by atoms with Crippen molar-refractivity contribution in [1.29, 1.82) is 0 Å². The van der Waals surface area contributed by atoms with E-state index in [0.29, 0.717) is 16.6 Å². The Kier molecular flexibility index (Phi) is 5.45. The summed E-state index contributed by atoms with van der Waals surface area (Å²) in [6.45, 7) is -0.102. The predicted molar refractivity (Wildman–Crippen MR) is 111 cm³/mol. The summed E-state index contributed by atoms with van der Waals surface area (Å²) in [6, 6.07) is 14.5. The summed E-state index contributed by atoms with van der Waals surface area (Å²) in [5.41, 5.74) is 2.83. The third kappa shape index (κ3) is 3.95. The van der Waals surface area contributed by atoms with Crippen molar-refractivity contribution >= 4 is 35.1 Å². The van der Waals surface area contributed by atoms with Gasteiger partial charge in [0.2, 0.25) is 0 Å². The number of hydrogen-bond donors (Lipinski definition) is 1. The van der Waals surface area contributed by atoms with Crippen LogP contribution in [0.3, 0.4) is 0 Å². The quantitative estimate of drug-likeness (QED) is 0.650. The minimum Gasteiger partial charge on any atom is -0.497 e. The molecule has 0 fully saturated rings. The third-order valence-electron chi connectivity index (χ3n) is 4.29. The highest BCUT2D eigenvalue weighted by molar-refractivity contribution is 7.98. The SMILES string of the molecule is COc1ccc(OCC(=O)Nc2c3c(nn2-c2cccc(Cl)c2)CSC3)cc1. The molecule has 8 heteroatoms. The Morgan fingerprint density at radius 3 is 2.75 bits per heavy atom. The van der Waals surface area contributed by atoms with Crippen molar-refractivity contribution in [1.82, 2.24) is 9.78 Å². The average Bonchev–Trinajstić information content (AvgIpc) is 3.29. The molecule has 0 radical (unpaired) electrons. The summed E-state index contributed by atoms with van der Waals surface area (Å²) in [4.78, 5) is 12.5. The molecule has 2 heterocycles. The highest BCUT2D eigenvalue weighted by atomic mass is 35.5. The molecule has 3 aromatic rings. The van der Waals surface area contributed by atoms with E-state index in [2.05, 4.69) is 10.4 Å². The number of rotatable bonds is 6. The monoisotopic (exact) mass is 415 g/mol. The lowest BCUT2D eigenvalue weighted by Gasteiger charge is -2.12. The van der Waals surface area contributed by atoms with Crippen LogP contribution in [0, 0.1) is 0 Å². The first-order valence-corrected chi connectivity index (χ1v) is 10.2. The molecule has 0 aliphatic carbocycles. The molecule has 1 amide bonds. The highest BCUT2D eigenvalue weighted by Gasteiger charge is 2.24. The molecule has 144 valence electrons. The lowest BCUT2D eigenvalue weighted by atomic mass is 10.2. The van der Waals surface area contributed by atoms with E-state index in [1.165, 1.54) is 0 Å². The van der Waals surface area contributed by atoms with Gasteiger partial charge in [-0.1, -0.05) is 17.7 Å². The number of anilines is 1. The van der Waals surface area contributed by atoms with Crippen molar-refractivity contribution in [3.63, 3.8) is 0 Å². The maximum Gasteiger partial charge on any atom is 0.263 e. The molecule has 1 N–H and O–H groups in total. The zero-order chi connectivity index (χ0) is 19.5. The second kappa shape index (κ2) is 8.16. The van der Waals surface area contributed by atoms with Gasteiger partial charge < -0.3 is 14.8 Å². The van der Waals surface area contributed by atoms with Gasteiger partial charge in [0.25, 0.3) is 5.91 Å². The molecule has 0 saturated heterocycles. The van der Waals surface area contributed by atoms with E-state index in [0.717, 1.165) is 34.2 Å². The van der Waals surface area contributed by atoms with Crippen LogP contribution in [0.25, 0.3) is 5.69 Å². The standard InChI is InChI=1S/C20H18ClN3O3S/c1-26-15-5-7-16(8-6-15)27-10-19(25)22-20-17-11-28-12-18(17)23-24(20)14-4-2-3-13(21)9-14/h2-9H,10-12H2,1H3,(H,22,25). The Hall–Kier alpha value is -2.64. The Bertz CT molecular complexity index is 1000. The van der Waals surface area contributed by atoms with Gasteiger partial charge in [0.05, 0.1) is 18.5 Å². The first-order valence-electron chi connectivity index (χ1n) is 8.65. The lowest BCUT2D eigenvalue weighted by molar-refractivity contribution is -0.118. The number of halogens is 1. The Morgan fingerprint density at radius 2 is 2.00 bits per heavy atom. The van der Waals surface area contributed by atoms with Crippen molar-refractivity contribution < 1.29 is 14.3 Å². The van der Waals surface area contributed by atoms with Crippen LogP contribution < -0.4 is 14.8 Å². The summed E-state index contributed by atoms with van der Waals surface area (Å²) in [7, 11) is 1.60. The van der Waals surface area contributed by atoms with Crippen LogP contribution in [0.4, 0.5) is 5.82 Å². The van der Waals surface area contributed by atoms with Gasteiger partial charge in [-0.2, -0.15) is 16.9 Å². The molecule has 28 heavy (non-hydrogen) atoms. The first-order chi connectivity index (χ1) is 13.6. The maximum atomic E-state index is 12.5. The summed E-state index contributed by atoms with van der Waals surface area (Å²) in [6.07, 6.45) is 0. The fourth-order valence-electron chi connectivity index (χ4n) is 2.93. The number of thioether (sulfide) groups is 1. The van der Waals surface area contributed by atoms with Gasteiger partial charge in [-0.15, -0.1) is 0 Å². The number of carbonyl (C=O) groups excluding carboxylic acids is 1. The van der Waals surface area contributed by atoms with Gasteiger partial charge in [0.15, 0.2) is 6.61 Å². The van der Waals surface area contributed by atoms with Crippen molar-refractivity contribution in [3.05, 3.63) is 64.8 Å². The molecule has 1 aromatic heterocycles. The Morgan fingerprint density at radius 1 is 1.21 bits per heavy atom. The van der Waals surface area contributed by atoms with Gasteiger partial charge in [-0.3, -0.25) is 4.79 Å². The minimum absolute atomic E-state index is 0.102. The zero-order valence-corrected chi connectivity index (χ0v) is 16.7. The number of fused-ring (bicyclic) bond motifs is 1. The van der Waals surface area contributed by atoms with Gasteiger partial charge in [-0.25, -0.2) is 4.68 Å². The summed E-state index contributed by atoms with van der Waals surface area (Å²) < 4.78 is 12.4. The fraction of sp³-hybridized carbons (Fsp3) is 0.200. The van der Waals surface area contributed by atoms with Gasteiger partial charge in [-0.05, 0) is 42.5 Å². The van der Waals surface area contributed by atoms with Gasteiger partial charge in [0.1, 0.15) is 17.3 Å². The predicted octanol–water partition coefficient (Wildman–Crippen LogP) is 4.30. The number of ether oxygens (including phenoxy) is 2. The largest absolute Gasteiger partial charge is 0.497 e. The van der Waals surface area contributed by atoms with E-state index >= 15 is 0 Å². The smallest absolute Gasteiger partial charge is 0.263 e. The number of carbonyl (C=O) groups is 1. The van der Waals surface area contributed by atoms with Gasteiger partial charge in [0, 0.05) is 22.1 Å². The topological polar surface area (TPSA) is 65.4 Å². The Balaban J connectivity index is 1.51. The van der Waals surface area contributed by atoms with Crippen LogP contribution in [0.15, 0.2) is 48.5 Å². The molecule has 0 atom stereocenters. The molecule has 6 nitrogen and oxygen atoms in total. The normalized spacial score (nSPS) is 12.5. The van der Waals surface area contributed by atoms with Gasteiger partial charge >= 0.3 is 0 Å². The summed E-state index contributed by atoms with van der Waals surface area (Å²) in [5, 5.41) is 8.23. The second-order valence-electron chi connectivity index (χ2n) is 6.17. The van der Waals surface area contributed by atoms with Crippen LogP contribution in [-0.4, -0.2) is 29.4 Å². The molecular formula is C20H18ClN3O3S. The molecule has 2 aromatic carbocycles. The first kappa shape index (κ1) is 18.7. The number of nitrogens with one attached hydrogen (secondary N) is 1. The van der Waals surface area contributed by atoms with Crippen LogP contribution in [0.2, 0.25) is 5.02 Å². The fourth-order valence-corrected chi connectivity index (χ4v) is 4.14.